The van der Waals surface area contributed by atoms with Crippen LogP contribution in [0, 0.1) is 13.8 Å². The number of aryl methyl sites for hydroxylation is 4. The molecule has 5 heteroatoms. The summed E-state index contributed by atoms with van der Waals surface area (Å²) >= 11 is 0. The average Bonchev–Trinajstić information content (AvgIpc) is 4.01. The first kappa shape index (κ1) is 42.1. The third-order valence-corrected chi connectivity index (χ3v) is 15.6. The second-order valence-electron chi connectivity index (χ2n) is 19.6. The molecule has 0 fully saturated rings. The number of anilines is 6. The maximum absolute atomic E-state index is 6.89. The van der Waals surface area contributed by atoms with Gasteiger partial charge in [-0.25, -0.2) is 0 Å². The Hall–Kier alpha value is -8.80. The SMILES string of the molecule is CCn1c2cc(C)ccc2c2ccc(N(c3ccccc3)c3ccc4c(c3)C3(c5ccccc5Oc5ccccc53)c3cc(N(c5ccccc5)c5ccc6c7ccc(C)cc7n(CC)c6c5)ccc3-4)cc21. The van der Waals surface area contributed by atoms with E-state index in [2.05, 4.69) is 265 Å². The van der Waals surface area contributed by atoms with Crippen molar-refractivity contribution >= 4 is 77.7 Å². The largest absolute Gasteiger partial charge is 0.457 e. The van der Waals surface area contributed by atoms with Crippen molar-refractivity contribution < 1.29 is 4.74 Å². The lowest BCUT2D eigenvalue weighted by Gasteiger charge is -2.40. The summed E-state index contributed by atoms with van der Waals surface area (Å²) in [5, 5.41) is 5.11. The topological polar surface area (TPSA) is 25.6 Å². The minimum absolute atomic E-state index is 0.722. The molecule has 10 aromatic carbocycles. The average molecular weight is 929 g/mol. The highest BCUT2D eigenvalue weighted by Gasteiger charge is 2.51. The Bertz CT molecular complexity index is 3880. The van der Waals surface area contributed by atoms with Crippen molar-refractivity contribution in [1.82, 2.24) is 9.13 Å². The molecule has 1 spiro atoms. The van der Waals surface area contributed by atoms with Gasteiger partial charge in [-0.05, 0) is 158 Å². The van der Waals surface area contributed by atoms with Gasteiger partial charge in [0.25, 0.3) is 0 Å². The predicted molar refractivity (Wildman–Crippen MR) is 300 cm³/mol. The molecular weight excluding hydrogens is 877 g/mol. The van der Waals surface area contributed by atoms with Gasteiger partial charge >= 0.3 is 0 Å². The third-order valence-electron chi connectivity index (χ3n) is 15.6. The van der Waals surface area contributed by atoms with Crippen molar-refractivity contribution in [2.45, 2.75) is 46.2 Å². The van der Waals surface area contributed by atoms with Crippen molar-refractivity contribution in [2.75, 3.05) is 9.80 Å². The van der Waals surface area contributed by atoms with Gasteiger partial charge in [0.2, 0.25) is 0 Å². The quantitative estimate of drug-likeness (QED) is 0.152. The first-order valence-corrected chi connectivity index (χ1v) is 25.3. The number of rotatable bonds is 8. The van der Waals surface area contributed by atoms with E-state index in [0.29, 0.717) is 0 Å². The second-order valence-corrected chi connectivity index (χ2v) is 19.6. The fraction of sp³-hybridized carbons (Fsp3) is 0.104. The Morgan fingerprint density at radius 2 is 0.708 bits per heavy atom. The first-order valence-electron chi connectivity index (χ1n) is 25.3. The van der Waals surface area contributed by atoms with E-state index in [1.165, 1.54) is 77.0 Å². The van der Waals surface area contributed by atoms with Crippen LogP contribution in [-0.2, 0) is 18.5 Å². The Morgan fingerprint density at radius 1 is 0.347 bits per heavy atom. The van der Waals surface area contributed by atoms with Gasteiger partial charge in [-0.2, -0.15) is 0 Å². The zero-order valence-electron chi connectivity index (χ0n) is 40.9. The van der Waals surface area contributed by atoms with Gasteiger partial charge < -0.3 is 23.7 Å². The number of para-hydroxylation sites is 4. The van der Waals surface area contributed by atoms with Gasteiger partial charge in [0.15, 0.2) is 0 Å². The van der Waals surface area contributed by atoms with Gasteiger partial charge in [0.05, 0.1) is 16.4 Å². The van der Waals surface area contributed by atoms with Crippen LogP contribution in [0.3, 0.4) is 0 Å². The highest BCUT2D eigenvalue weighted by atomic mass is 16.5. The van der Waals surface area contributed by atoms with Gasteiger partial charge in [0.1, 0.15) is 11.5 Å². The normalized spacial score (nSPS) is 13.1. The Kier molecular flexibility index (Phi) is 9.43. The van der Waals surface area contributed by atoms with Crippen molar-refractivity contribution in [3.05, 3.63) is 252 Å². The zero-order chi connectivity index (χ0) is 48.2. The van der Waals surface area contributed by atoms with Crippen LogP contribution in [0.4, 0.5) is 34.1 Å². The number of benzene rings is 10. The summed E-state index contributed by atoms with van der Waals surface area (Å²) in [5.41, 5.74) is 20.5. The molecule has 0 atom stereocenters. The van der Waals surface area contributed by atoms with E-state index in [9.17, 15) is 0 Å². The molecule has 12 aromatic rings. The summed E-state index contributed by atoms with van der Waals surface area (Å²) in [6.07, 6.45) is 0. The van der Waals surface area contributed by atoms with E-state index in [-0.39, 0.29) is 0 Å². The van der Waals surface area contributed by atoms with E-state index < -0.39 is 5.41 Å². The van der Waals surface area contributed by atoms with Crippen LogP contribution < -0.4 is 14.5 Å². The van der Waals surface area contributed by atoms with E-state index in [4.69, 9.17) is 4.74 Å². The molecule has 2 aromatic heterocycles. The predicted octanol–water partition coefficient (Wildman–Crippen LogP) is 18.0. The van der Waals surface area contributed by atoms with Crippen molar-refractivity contribution in [3.8, 4) is 22.6 Å². The van der Waals surface area contributed by atoms with Gasteiger partial charge in [-0.15, -0.1) is 0 Å². The molecule has 1 aliphatic carbocycles. The van der Waals surface area contributed by atoms with E-state index in [0.717, 1.165) is 69.8 Å². The molecule has 0 N–H and O–H groups in total. The Labute approximate surface area is 420 Å². The van der Waals surface area contributed by atoms with Gasteiger partial charge in [-0.1, -0.05) is 121 Å². The summed E-state index contributed by atoms with van der Waals surface area (Å²) in [5.74, 6) is 1.73. The van der Waals surface area contributed by atoms with Gasteiger partial charge in [0, 0.05) is 90.9 Å². The number of ether oxygens (including phenoxy) is 1. The van der Waals surface area contributed by atoms with Crippen LogP contribution in [0.15, 0.2) is 218 Å². The maximum atomic E-state index is 6.89. The lowest BCUT2D eigenvalue weighted by atomic mass is 9.66. The summed E-state index contributed by atoms with van der Waals surface area (Å²) in [6, 6.07) is 81.1. The fourth-order valence-corrected chi connectivity index (χ4v) is 12.5. The molecule has 72 heavy (non-hydrogen) atoms. The minimum Gasteiger partial charge on any atom is -0.457 e. The lowest BCUT2D eigenvalue weighted by Crippen LogP contribution is -2.32. The van der Waals surface area contributed by atoms with Crippen LogP contribution in [0.25, 0.3) is 54.7 Å². The van der Waals surface area contributed by atoms with Crippen molar-refractivity contribution in [3.63, 3.8) is 0 Å². The molecule has 14 rings (SSSR count). The Morgan fingerprint density at radius 3 is 1.14 bits per heavy atom. The highest BCUT2D eigenvalue weighted by molar-refractivity contribution is 6.11. The number of nitrogens with zero attached hydrogens (tertiary/aromatic N) is 4. The number of hydrogen-bond donors (Lipinski definition) is 0. The van der Waals surface area contributed by atoms with Crippen molar-refractivity contribution in [2.24, 2.45) is 0 Å². The zero-order valence-corrected chi connectivity index (χ0v) is 40.9. The molecule has 2 aliphatic rings. The third kappa shape index (κ3) is 6.07. The fourth-order valence-electron chi connectivity index (χ4n) is 12.5. The second kappa shape index (κ2) is 16.1. The standard InChI is InChI=1S/C67H52N4O/c1-5-68-61-37-43(3)25-31-53(61)55-35-29-49(41-63(55)68)70(45-17-9-7-10-18-45)47-27-33-51-52-34-28-48(40-60(52)67(59(51)39-47)57-21-13-15-23-65(57)72-66-24-16-14-22-58(66)67)71(46-19-11-8-12-20-46)50-30-36-56-54-32-26-44(4)38-62(54)69(6-2)64(56)42-50/h7-42H,5-6H2,1-4H3. The van der Waals surface area contributed by atoms with E-state index in [1.807, 2.05) is 0 Å². The van der Waals surface area contributed by atoms with Crippen LogP contribution >= 0.6 is 0 Å². The van der Waals surface area contributed by atoms with Crippen LogP contribution in [0.1, 0.15) is 47.2 Å². The molecule has 0 saturated carbocycles. The molecule has 5 nitrogen and oxygen atoms in total. The molecule has 3 heterocycles. The first-order chi connectivity index (χ1) is 35.4. The summed E-state index contributed by atoms with van der Waals surface area (Å²) in [6.45, 7) is 10.6. The minimum atomic E-state index is -0.722. The highest BCUT2D eigenvalue weighted by Crippen LogP contribution is 2.63. The molecule has 0 radical (unpaired) electrons. The number of aromatic nitrogens is 2. The molecule has 0 unspecified atom stereocenters. The Balaban J connectivity index is 1.01. The monoisotopic (exact) mass is 928 g/mol. The molecule has 1 aliphatic heterocycles. The smallest absolute Gasteiger partial charge is 0.132 e. The van der Waals surface area contributed by atoms with E-state index in [1.54, 1.807) is 0 Å². The number of fused-ring (bicyclic) bond motifs is 15. The number of hydrogen-bond acceptors (Lipinski definition) is 3. The molecule has 0 bridgehead atoms. The summed E-state index contributed by atoms with van der Waals surface area (Å²) < 4.78 is 11.8. The van der Waals surface area contributed by atoms with Crippen molar-refractivity contribution in [1.29, 1.82) is 0 Å². The summed E-state index contributed by atoms with van der Waals surface area (Å²) in [7, 11) is 0. The lowest BCUT2D eigenvalue weighted by molar-refractivity contribution is 0.436. The van der Waals surface area contributed by atoms with Gasteiger partial charge in [-0.3, -0.25) is 0 Å². The van der Waals surface area contributed by atoms with Crippen LogP contribution in [0.5, 0.6) is 11.5 Å². The van der Waals surface area contributed by atoms with Crippen LogP contribution in [0.2, 0.25) is 0 Å². The summed E-state index contributed by atoms with van der Waals surface area (Å²) in [4.78, 5) is 4.87. The molecular formula is C67H52N4O. The van der Waals surface area contributed by atoms with Crippen LogP contribution in [-0.4, -0.2) is 9.13 Å². The maximum Gasteiger partial charge on any atom is 0.132 e. The molecule has 0 amide bonds. The molecule has 0 saturated heterocycles. The van der Waals surface area contributed by atoms with E-state index >= 15 is 0 Å². The molecule has 346 valence electrons.